The van der Waals surface area contributed by atoms with Gasteiger partial charge >= 0.3 is 0 Å². The van der Waals surface area contributed by atoms with Crippen LogP contribution in [0.3, 0.4) is 0 Å². The lowest BCUT2D eigenvalue weighted by Gasteiger charge is -1.97. The molecule has 0 amide bonds. The fraction of sp³-hybridized carbons (Fsp3) is 0.500. The van der Waals surface area contributed by atoms with E-state index in [0.717, 1.165) is 0 Å². The molecule has 0 aromatic carbocycles. The van der Waals surface area contributed by atoms with Gasteiger partial charge in [0.05, 0.1) is 0 Å². The molecule has 0 atom stereocenters. The van der Waals surface area contributed by atoms with E-state index in [2.05, 4.69) is 43.3 Å². The smallest absolute Gasteiger partial charge is 0.00685 e. The highest BCUT2D eigenvalue weighted by Gasteiger charge is 1.89. The van der Waals surface area contributed by atoms with E-state index in [0.29, 0.717) is 0 Å². The largest absolute Gasteiger partial charge is 0.133 e. The van der Waals surface area contributed by atoms with Gasteiger partial charge in [-0.25, -0.2) is 0 Å². The molecule has 0 unspecified atom stereocenters. The molecule has 0 nitrogen and oxygen atoms in total. The van der Waals surface area contributed by atoms with Gasteiger partial charge in [-0.05, 0) is 43.3 Å². The summed E-state index contributed by atoms with van der Waals surface area (Å²) in [4.78, 5) is 0. The Hall–Kier alpha value is 1.76. The van der Waals surface area contributed by atoms with E-state index in [1.807, 2.05) is 94.1 Å². The van der Waals surface area contributed by atoms with Crippen molar-refractivity contribution in [3.8, 4) is 0 Å². The van der Waals surface area contributed by atoms with Crippen LogP contribution in [-0.4, -0.2) is 46.0 Å². The van der Waals surface area contributed by atoms with Crippen molar-refractivity contribution in [3.05, 3.63) is 43.3 Å². The molecule has 1 rings (SSSR count). The normalized spacial score (nSPS) is 26.7. The number of hydrogen-bond acceptors (Lipinski definition) is 8. The summed E-state index contributed by atoms with van der Waals surface area (Å²) in [5.74, 6) is 9.47. The molecule has 0 bridgehead atoms. The molecule has 0 fully saturated rings. The van der Waals surface area contributed by atoms with Crippen molar-refractivity contribution >= 4 is 94.1 Å². The van der Waals surface area contributed by atoms with Crippen LogP contribution in [0.2, 0.25) is 0 Å². The molecule has 0 aromatic heterocycles. The SMILES string of the molecule is C1=C\SCCS/C=C\SCCS/C=C\SCCS/C=C\SCCS/1. The van der Waals surface area contributed by atoms with Gasteiger partial charge in [0.25, 0.3) is 0 Å². The molecule has 24 heavy (non-hydrogen) atoms. The van der Waals surface area contributed by atoms with Crippen molar-refractivity contribution in [3.63, 3.8) is 0 Å². The zero-order valence-corrected chi connectivity index (χ0v) is 20.1. The number of rotatable bonds is 0. The summed E-state index contributed by atoms with van der Waals surface area (Å²) in [5.41, 5.74) is 0. The topological polar surface area (TPSA) is 0 Å². The van der Waals surface area contributed by atoms with E-state index >= 15 is 0 Å². The second kappa shape index (κ2) is 21.1. The lowest BCUT2D eigenvalue weighted by atomic mass is 11.0. The Morgan fingerprint density at radius 3 is 0.500 bits per heavy atom. The summed E-state index contributed by atoms with van der Waals surface area (Å²) in [5, 5.41) is 17.9. The lowest BCUT2D eigenvalue weighted by molar-refractivity contribution is 1.56. The molecule has 0 saturated carbocycles. The average Bonchev–Trinajstić information content (AvgIpc) is 2.59. The van der Waals surface area contributed by atoms with Crippen molar-refractivity contribution in [2.45, 2.75) is 0 Å². The predicted octanol–water partition coefficient (Wildman–Crippen LogP) is 7.75. The molecule has 1 aliphatic rings. The number of hydrogen-bond donors (Lipinski definition) is 0. The minimum absolute atomic E-state index is 1.18. The second-order valence-corrected chi connectivity index (χ2v) is 12.2. The van der Waals surface area contributed by atoms with Crippen molar-refractivity contribution < 1.29 is 0 Å². The van der Waals surface area contributed by atoms with Crippen LogP contribution in [0.5, 0.6) is 0 Å². The first-order chi connectivity index (χ1) is 12.0. The van der Waals surface area contributed by atoms with E-state index in [1.54, 1.807) is 0 Å². The average molecular weight is 473 g/mol. The van der Waals surface area contributed by atoms with E-state index in [-0.39, 0.29) is 0 Å². The fourth-order valence-electron chi connectivity index (χ4n) is 1.24. The third-order valence-corrected chi connectivity index (χ3v) is 10.1. The number of thioether (sulfide) groups is 8. The van der Waals surface area contributed by atoms with E-state index in [4.69, 9.17) is 0 Å². The van der Waals surface area contributed by atoms with Gasteiger partial charge in [0.1, 0.15) is 0 Å². The van der Waals surface area contributed by atoms with Gasteiger partial charge in [0, 0.05) is 46.0 Å². The summed E-state index contributed by atoms with van der Waals surface area (Å²) >= 11 is 15.3. The Morgan fingerprint density at radius 2 is 0.375 bits per heavy atom. The van der Waals surface area contributed by atoms with Gasteiger partial charge in [-0.3, -0.25) is 0 Å². The van der Waals surface area contributed by atoms with Crippen molar-refractivity contribution in [1.29, 1.82) is 0 Å². The maximum atomic E-state index is 2.24. The molecule has 1 aliphatic heterocycles. The Balaban J connectivity index is 2.18. The molecular formula is C16H24S8. The first kappa shape index (κ1) is 23.8. The van der Waals surface area contributed by atoms with Crippen molar-refractivity contribution in [2.75, 3.05) is 46.0 Å². The molecule has 0 saturated heterocycles. The van der Waals surface area contributed by atoms with Crippen LogP contribution >= 0.6 is 94.1 Å². The molecule has 0 spiro atoms. The maximum absolute atomic E-state index is 2.24. The summed E-state index contributed by atoms with van der Waals surface area (Å²) in [6, 6.07) is 0. The molecule has 136 valence electrons. The molecule has 0 N–H and O–H groups in total. The van der Waals surface area contributed by atoms with E-state index < -0.39 is 0 Å². The van der Waals surface area contributed by atoms with E-state index in [9.17, 15) is 0 Å². The molecule has 0 aliphatic carbocycles. The third-order valence-electron chi connectivity index (χ3n) is 2.27. The van der Waals surface area contributed by atoms with Crippen molar-refractivity contribution in [2.24, 2.45) is 0 Å². The minimum Gasteiger partial charge on any atom is -0.133 e. The van der Waals surface area contributed by atoms with Gasteiger partial charge in [-0.1, -0.05) is 0 Å². The van der Waals surface area contributed by atoms with Gasteiger partial charge in [0.15, 0.2) is 0 Å². The van der Waals surface area contributed by atoms with Crippen LogP contribution in [0.25, 0.3) is 0 Å². The van der Waals surface area contributed by atoms with Gasteiger partial charge in [0.2, 0.25) is 0 Å². The molecule has 1 heterocycles. The Labute approximate surface area is 181 Å². The monoisotopic (exact) mass is 472 g/mol. The fourth-order valence-corrected chi connectivity index (χ4v) is 7.93. The molecule has 0 aromatic rings. The van der Waals surface area contributed by atoms with Crippen LogP contribution in [0.1, 0.15) is 0 Å². The maximum Gasteiger partial charge on any atom is 0.00685 e. The molecule has 8 heteroatoms. The summed E-state index contributed by atoms with van der Waals surface area (Å²) < 4.78 is 0. The highest BCUT2D eigenvalue weighted by Crippen LogP contribution is 2.18. The summed E-state index contributed by atoms with van der Waals surface area (Å²) in [7, 11) is 0. The Kier molecular flexibility index (Phi) is 20.9. The van der Waals surface area contributed by atoms with Gasteiger partial charge in [-0.15, -0.1) is 94.1 Å². The third kappa shape index (κ3) is 18.5. The highest BCUT2D eigenvalue weighted by atomic mass is 32.2. The second-order valence-electron chi connectivity index (χ2n) is 4.05. The highest BCUT2D eigenvalue weighted by molar-refractivity contribution is 8.09. The van der Waals surface area contributed by atoms with Crippen LogP contribution in [0, 0.1) is 0 Å². The van der Waals surface area contributed by atoms with Gasteiger partial charge in [-0.2, -0.15) is 0 Å². The Bertz CT molecular complexity index is 274. The zero-order chi connectivity index (χ0) is 17.0. The Morgan fingerprint density at radius 1 is 0.250 bits per heavy atom. The lowest BCUT2D eigenvalue weighted by Crippen LogP contribution is -1.81. The molecular weight excluding hydrogens is 449 g/mol. The van der Waals surface area contributed by atoms with Crippen LogP contribution in [0.4, 0.5) is 0 Å². The quantitative estimate of drug-likeness (QED) is 0.346. The first-order valence-corrected chi connectivity index (χ1v) is 15.9. The van der Waals surface area contributed by atoms with Crippen molar-refractivity contribution in [1.82, 2.24) is 0 Å². The minimum atomic E-state index is 1.18. The first-order valence-electron chi connectivity index (χ1n) is 7.53. The zero-order valence-electron chi connectivity index (χ0n) is 13.5. The van der Waals surface area contributed by atoms with Crippen LogP contribution in [0.15, 0.2) is 43.3 Å². The molecule has 0 radical (unpaired) electrons. The summed E-state index contributed by atoms with van der Waals surface area (Å²) in [6.45, 7) is 0. The van der Waals surface area contributed by atoms with Gasteiger partial charge < -0.3 is 0 Å². The standard InChI is InChI=1S/C16H24S8/c1-2-18-5-6-20-9-10-22-13-14-24-16-15-23-12-11-21-8-7-19-4-3-17-1/h1-2,7-10,15-16H,3-6,11-14H2/b2-1-,8-7-,10-9-,16-15-. The van der Waals surface area contributed by atoms with Crippen LogP contribution in [-0.2, 0) is 0 Å². The van der Waals surface area contributed by atoms with Crippen LogP contribution < -0.4 is 0 Å². The summed E-state index contributed by atoms with van der Waals surface area (Å²) in [6.07, 6.45) is 0. The predicted molar refractivity (Wildman–Crippen MR) is 136 cm³/mol. The van der Waals surface area contributed by atoms with E-state index in [1.165, 1.54) is 46.0 Å².